The zero-order chi connectivity index (χ0) is 14.9. The zero-order valence-electron chi connectivity index (χ0n) is 11.0. The minimum atomic E-state index is -3.77. The first-order chi connectivity index (χ1) is 9.33. The van der Waals surface area contributed by atoms with Gasteiger partial charge < -0.3 is 5.73 Å². The lowest BCUT2D eigenvalue weighted by atomic mass is 10.1. The van der Waals surface area contributed by atoms with Gasteiger partial charge in [0.1, 0.15) is 5.82 Å². The van der Waals surface area contributed by atoms with Crippen LogP contribution in [0, 0.1) is 19.7 Å². The summed E-state index contributed by atoms with van der Waals surface area (Å²) in [7, 11) is -3.77. The summed E-state index contributed by atoms with van der Waals surface area (Å²) in [6, 6.07) is 1.12. The highest BCUT2D eigenvalue weighted by molar-refractivity contribution is 7.89. The van der Waals surface area contributed by atoms with Crippen LogP contribution in [0.3, 0.4) is 0 Å². The van der Waals surface area contributed by atoms with Crippen LogP contribution >= 0.6 is 11.3 Å². The maximum absolute atomic E-state index is 13.5. The van der Waals surface area contributed by atoms with E-state index in [1.165, 1.54) is 25.2 Å². The van der Waals surface area contributed by atoms with E-state index in [9.17, 15) is 12.8 Å². The number of aromatic nitrogens is 1. The first-order valence-corrected chi connectivity index (χ1v) is 8.17. The summed E-state index contributed by atoms with van der Waals surface area (Å²) in [5.74, 6) is -0.613. The van der Waals surface area contributed by atoms with Crippen molar-refractivity contribution in [2.45, 2.75) is 25.3 Å². The van der Waals surface area contributed by atoms with Crippen molar-refractivity contribution in [2.24, 2.45) is 0 Å². The Balaban J connectivity index is 2.37. The quantitative estimate of drug-likeness (QED) is 0.845. The van der Waals surface area contributed by atoms with Crippen molar-refractivity contribution in [2.75, 3.05) is 5.73 Å². The number of sulfonamides is 1. The van der Waals surface area contributed by atoms with Crippen molar-refractivity contribution >= 4 is 27.0 Å². The molecule has 0 atom stereocenters. The number of halogens is 1. The van der Waals surface area contributed by atoms with Crippen LogP contribution in [-0.2, 0) is 16.6 Å². The predicted molar refractivity (Wildman–Crippen MR) is 76.4 cm³/mol. The molecule has 2 rings (SSSR count). The number of thiazole rings is 1. The lowest BCUT2D eigenvalue weighted by Gasteiger charge is -2.14. The van der Waals surface area contributed by atoms with Crippen LogP contribution in [0.5, 0.6) is 0 Å². The lowest BCUT2D eigenvalue weighted by molar-refractivity contribution is 0.578. The summed E-state index contributed by atoms with van der Waals surface area (Å²) < 4.78 is 40.6. The molecule has 0 radical (unpaired) electrons. The number of nitrogens with zero attached hydrogens (tertiary/aromatic N) is 1. The van der Waals surface area contributed by atoms with Gasteiger partial charge in [-0.1, -0.05) is 0 Å². The van der Waals surface area contributed by atoms with Crippen molar-refractivity contribution in [1.82, 2.24) is 9.71 Å². The van der Waals surface area contributed by atoms with E-state index in [0.717, 1.165) is 6.07 Å². The molecule has 5 nitrogen and oxygen atoms in total. The molecule has 0 aliphatic heterocycles. The van der Waals surface area contributed by atoms with E-state index in [1.54, 1.807) is 10.9 Å². The molecule has 8 heteroatoms. The molecule has 0 aliphatic rings. The SMILES string of the molecule is Cc1cc(F)c(N)c(C)c1S(=O)(=O)NCc1cscn1. The van der Waals surface area contributed by atoms with Gasteiger partial charge in [-0.15, -0.1) is 11.3 Å². The van der Waals surface area contributed by atoms with Gasteiger partial charge >= 0.3 is 0 Å². The van der Waals surface area contributed by atoms with Crippen molar-refractivity contribution in [3.8, 4) is 0 Å². The van der Waals surface area contributed by atoms with E-state index in [-0.39, 0.29) is 22.7 Å². The number of rotatable bonds is 4. The molecule has 3 N–H and O–H groups in total. The van der Waals surface area contributed by atoms with Gasteiger partial charge in [-0.25, -0.2) is 22.5 Å². The Morgan fingerprint density at radius 2 is 2.15 bits per heavy atom. The van der Waals surface area contributed by atoms with Crippen LogP contribution in [0.2, 0.25) is 0 Å². The molecule has 2 aromatic rings. The third-order valence-electron chi connectivity index (χ3n) is 2.90. The van der Waals surface area contributed by atoms with Crippen LogP contribution in [-0.4, -0.2) is 13.4 Å². The Morgan fingerprint density at radius 1 is 1.45 bits per heavy atom. The van der Waals surface area contributed by atoms with E-state index >= 15 is 0 Å². The fraction of sp³-hybridized carbons (Fsp3) is 0.250. The highest BCUT2D eigenvalue weighted by Crippen LogP contribution is 2.27. The molecule has 20 heavy (non-hydrogen) atoms. The number of nitrogens with one attached hydrogen (secondary N) is 1. The maximum Gasteiger partial charge on any atom is 0.241 e. The summed E-state index contributed by atoms with van der Waals surface area (Å²) in [5.41, 5.74) is 8.20. The first-order valence-electron chi connectivity index (χ1n) is 5.75. The Labute approximate surface area is 120 Å². The van der Waals surface area contributed by atoms with Crippen LogP contribution in [0.15, 0.2) is 21.9 Å². The van der Waals surface area contributed by atoms with Crippen molar-refractivity contribution in [3.05, 3.63) is 39.6 Å². The molecule has 1 aromatic carbocycles. The van der Waals surface area contributed by atoms with Gasteiger partial charge in [0, 0.05) is 5.38 Å². The fourth-order valence-corrected chi connectivity index (χ4v) is 3.95. The normalized spacial score (nSPS) is 11.8. The van der Waals surface area contributed by atoms with E-state index in [1.807, 2.05) is 0 Å². The molecule has 1 heterocycles. The molecule has 0 amide bonds. The van der Waals surface area contributed by atoms with Crippen LogP contribution in [0.1, 0.15) is 16.8 Å². The number of hydrogen-bond acceptors (Lipinski definition) is 5. The molecule has 1 aromatic heterocycles. The molecule has 0 spiro atoms. The highest BCUT2D eigenvalue weighted by Gasteiger charge is 2.22. The van der Waals surface area contributed by atoms with E-state index in [2.05, 4.69) is 9.71 Å². The highest BCUT2D eigenvalue weighted by atomic mass is 32.2. The number of nitrogens with two attached hydrogens (primary N) is 1. The molecule has 0 unspecified atom stereocenters. The lowest BCUT2D eigenvalue weighted by Crippen LogP contribution is -2.25. The Kier molecular flexibility index (Phi) is 4.07. The van der Waals surface area contributed by atoms with Crippen molar-refractivity contribution in [3.63, 3.8) is 0 Å². The number of aryl methyl sites for hydroxylation is 1. The Morgan fingerprint density at radius 3 is 2.75 bits per heavy atom. The molecule has 0 fully saturated rings. The minimum absolute atomic E-state index is 0.0200. The second-order valence-corrected chi connectivity index (χ2v) is 6.77. The predicted octanol–water partition coefficient (Wildman–Crippen LogP) is 1.96. The van der Waals surface area contributed by atoms with Crippen LogP contribution in [0.4, 0.5) is 10.1 Å². The third-order valence-corrected chi connectivity index (χ3v) is 5.22. The van der Waals surface area contributed by atoms with Gasteiger partial charge in [-0.2, -0.15) is 0 Å². The zero-order valence-corrected chi connectivity index (χ0v) is 12.6. The van der Waals surface area contributed by atoms with Gasteiger partial charge in [0.05, 0.1) is 28.3 Å². The topological polar surface area (TPSA) is 85.1 Å². The Hall–Kier alpha value is -1.51. The smallest absolute Gasteiger partial charge is 0.241 e. The molecular weight excluding hydrogens is 301 g/mol. The summed E-state index contributed by atoms with van der Waals surface area (Å²) in [6.07, 6.45) is 0. The van der Waals surface area contributed by atoms with Crippen LogP contribution < -0.4 is 10.5 Å². The second-order valence-electron chi connectivity index (χ2n) is 4.35. The van der Waals surface area contributed by atoms with Crippen LogP contribution in [0.25, 0.3) is 0 Å². The summed E-state index contributed by atoms with van der Waals surface area (Å²) in [6.45, 7) is 3.11. The number of anilines is 1. The maximum atomic E-state index is 13.5. The third kappa shape index (κ3) is 2.82. The first kappa shape index (κ1) is 14.9. The molecule has 108 valence electrons. The molecule has 0 bridgehead atoms. The monoisotopic (exact) mass is 315 g/mol. The number of benzene rings is 1. The Bertz CT molecular complexity index is 728. The molecule has 0 saturated carbocycles. The summed E-state index contributed by atoms with van der Waals surface area (Å²) >= 11 is 1.38. The fourth-order valence-electron chi connectivity index (χ4n) is 1.91. The largest absolute Gasteiger partial charge is 0.396 e. The van der Waals surface area contributed by atoms with Gasteiger partial charge in [-0.05, 0) is 31.0 Å². The second kappa shape index (κ2) is 5.47. The van der Waals surface area contributed by atoms with Gasteiger partial charge in [0.2, 0.25) is 10.0 Å². The average molecular weight is 315 g/mol. The number of hydrogen-bond donors (Lipinski definition) is 2. The van der Waals surface area contributed by atoms with Crippen molar-refractivity contribution < 1.29 is 12.8 Å². The summed E-state index contributed by atoms with van der Waals surface area (Å²) in [4.78, 5) is 4.02. The van der Waals surface area contributed by atoms with Crippen molar-refractivity contribution in [1.29, 1.82) is 0 Å². The standard InChI is InChI=1S/C12H14FN3O2S2/c1-7-3-10(13)11(14)8(2)12(7)20(17,18)16-4-9-5-19-6-15-9/h3,5-6,16H,4,14H2,1-2H3. The van der Waals surface area contributed by atoms with E-state index < -0.39 is 15.8 Å². The van der Waals surface area contributed by atoms with E-state index in [4.69, 9.17) is 5.73 Å². The molecular formula is C12H14FN3O2S2. The van der Waals surface area contributed by atoms with Gasteiger partial charge in [-0.3, -0.25) is 0 Å². The molecule has 0 saturated heterocycles. The van der Waals surface area contributed by atoms with E-state index in [0.29, 0.717) is 11.3 Å². The van der Waals surface area contributed by atoms with Gasteiger partial charge in [0.25, 0.3) is 0 Å². The molecule has 0 aliphatic carbocycles. The summed E-state index contributed by atoms with van der Waals surface area (Å²) in [5, 5.41) is 1.75. The average Bonchev–Trinajstić information content (AvgIpc) is 2.86. The minimum Gasteiger partial charge on any atom is -0.396 e. The number of nitrogen functional groups attached to an aromatic ring is 1. The van der Waals surface area contributed by atoms with Gasteiger partial charge in [0.15, 0.2) is 0 Å².